The van der Waals surface area contributed by atoms with E-state index >= 15 is 0 Å². The number of phenols is 1. The number of hydrogen-bond acceptors (Lipinski definition) is 4. The molecule has 1 atom stereocenters. The molecule has 4 nitrogen and oxygen atoms in total. The van der Waals surface area contributed by atoms with Crippen LogP contribution in [-0.4, -0.2) is 10.1 Å². The van der Waals surface area contributed by atoms with Gasteiger partial charge in [-0.1, -0.05) is 32.0 Å². The van der Waals surface area contributed by atoms with Crippen LogP contribution in [-0.2, 0) is 13.0 Å². The lowest BCUT2D eigenvalue weighted by molar-refractivity contribution is 0.402. The molecule has 102 valence electrons. The number of para-hydroxylation sites is 1. The van der Waals surface area contributed by atoms with E-state index in [9.17, 15) is 5.11 Å². The summed E-state index contributed by atoms with van der Waals surface area (Å²) < 4.78 is 5.56. The van der Waals surface area contributed by atoms with Crippen molar-refractivity contribution < 1.29 is 9.52 Å². The minimum absolute atomic E-state index is 0.0955. The molecule has 0 saturated heterocycles. The van der Waals surface area contributed by atoms with E-state index in [0.29, 0.717) is 18.2 Å². The number of rotatable bonds is 6. The van der Waals surface area contributed by atoms with Crippen molar-refractivity contribution in [2.45, 2.75) is 39.3 Å². The summed E-state index contributed by atoms with van der Waals surface area (Å²) in [5.74, 6) is 1.90. The Morgan fingerprint density at radius 2 is 2.11 bits per heavy atom. The fourth-order valence-corrected chi connectivity index (χ4v) is 2.06. The highest BCUT2D eigenvalue weighted by molar-refractivity contribution is 5.34. The molecule has 2 rings (SSSR count). The van der Waals surface area contributed by atoms with Crippen molar-refractivity contribution in [3.05, 3.63) is 47.7 Å². The first kappa shape index (κ1) is 13.6. The lowest BCUT2D eigenvalue weighted by Crippen LogP contribution is -2.20. The largest absolute Gasteiger partial charge is 0.508 e. The lowest BCUT2D eigenvalue weighted by Gasteiger charge is -2.17. The van der Waals surface area contributed by atoms with Crippen LogP contribution in [0.1, 0.15) is 43.5 Å². The molecule has 0 aliphatic heterocycles. The number of nitrogens with zero attached hydrogens (tertiary/aromatic N) is 1. The van der Waals surface area contributed by atoms with Crippen LogP contribution in [0.25, 0.3) is 0 Å². The van der Waals surface area contributed by atoms with E-state index in [0.717, 1.165) is 24.2 Å². The Morgan fingerprint density at radius 3 is 2.74 bits per heavy atom. The monoisotopic (exact) mass is 260 g/mol. The summed E-state index contributed by atoms with van der Waals surface area (Å²) in [6, 6.07) is 7.49. The van der Waals surface area contributed by atoms with Crippen LogP contribution in [0.2, 0.25) is 0 Å². The summed E-state index contributed by atoms with van der Waals surface area (Å²) in [4.78, 5) is 4.22. The average molecular weight is 260 g/mol. The Kier molecular flexibility index (Phi) is 4.58. The van der Waals surface area contributed by atoms with E-state index in [4.69, 9.17) is 4.42 Å². The Labute approximate surface area is 113 Å². The molecule has 1 aromatic carbocycles. The number of phenolic OH excluding ortho intramolecular Hbond substituents is 1. The van der Waals surface area contributed by atoms with Gasteiger partial charge < -0.3 is 14.8 Å². The number of benzene rings is 1. The van der Waals surface area contributed by atoms with E-state index in [1.807, 2.05) is 25.1 Å². The van der Waals surface area contributed by atoms with Gasteiger partial charge in [0.15, 0.2) is 0 Å². The van der Waals surface area contributed by atoms with Crippen LogP contribution >= 0.6 is 0 Å². The van der Waals surface area contributed by atoms with Crippen molar-refractivity contribution in [2.24, 2.45) is 0 Å². The van der Waals surface area contributed by atoms with Gasteiger partial charge in [0.25, 0.3) is 0 Å². The normalized spacial score (nSPS) is 12.5. The van der Waals surface area contributed by atoms with Gasteiger partial charge in [-0.25, -0.2) is 4.98 Å². The third-order valence-corrected chi connectivity index (χ3v) is 3.17. The third-order valence-electron chi connectivity index (χ3n) is 3.17. The van der Waals surface area contributed by atoms with Crippen LogP contribution in [0.15, 0.2) is 34.9 Å². The number of oxazole rings is 1. The number of nitrogens with one attached hydrogen (secondary N) is 1. The fraction of sp³-hybridized carbons (Fsp3) is 0.400. The van der Waals surface area contributed by atoms with E-state index in [1.165, 1.54) is 0 Å². The Morgan fingerprint density at radius 1 is 1.32 bits per heavy atom. The van der Waals surface area contributed by atoms with Crippen LogP contribution < -0.4 is 5.32 Å². The van der Waals surface area contributed by atoms with Crippen LogP contribution in [0.5, 0.6) is 5.75 Å². The Hall–Kier alpha value is -1.81. The molecule has 0 aliphatic rings. The van der Waals surface area contributed by atoms with E-state index < -0.39 is 0 Å². The number of hydrogen-bond donors (Lipinski definition) is 2. The van der Waals surface area contributed by atoms with Crippen molar-refractivity contribution in [3.8, 4) is 5.75 Å². The summed E-state index contributed by atoms with van der Waals surface area (Å²) in [6.45, 7) is 4.68. The first-order valence-electron chi connectivity index (χ1n) is 6.69. The molecule has 2 N–H and O–H groups in total. The first-order chi connectivity index (χ1) is 9.24. The zero-order valence-electron chi connectivity index (χ0n) is 11.4. The molecule has 0 saturated carbocycles. The summed E-state index contributed by atoms with van der Waals surface area (Å²) in [5, 5.41) is 13.2. The van der Waals surface area contributed by atoms with Gasteiger partial charge in [0.2, 0.25) is 5.89 Å². The van der Waals surface area contributed by atoms with Gasteiger partial charge in [0, 0.05) is 18.0 Å². The summed E-state index contributed by atoms with van der Waals surface area (Å²) in [5.41, 5.74) is 0.910. The van der Waals surface area contributed by atoms with Crippen molar-refractivity contribution >= 4 is 0 Å². The van der Waals surface area contributed by atoms with Crippen LogP contribution in [0.3, 0.4) is 0 Å². The van der Waals surface area contributed by atoms with Gasteiger partial charge in [-0.15, -0.1) is 0 Å². The van der Waals surface area contributed by atoms with Gasteiger partial charge in [-0.3, -0.25) is 0 Å². The molecule has 1 aromatic heterocycles. The standard InChI is InChI=1S/C15H20N2O2/c1-3-11-9-17-15(19-11)10-16-13(4-2)12-7-5-6-8-14(12)18/h5-9,13,16,18H,3-4,10H2,1-2H3. The van der Waals surface area contributed by atoms with Gasteiger partial charge >= 0.3 is 0 Å². The minimum Gasteiger partial charge on any atom is -0.508 e. The maximum atomic E-state index is 9.87. The molecule has 19 heavy (non-hydrogen) atoms. The summed E-state index contributed by atoms with van der Waals surface area (Å²) in [7, 11) is 0. The second kappa shape index (κ2) is 6.38. The predicted molar refractivity (Wildman–Crippen MR) is 73.9 cm³/mol. The highest BCUT2D eigenvalue weighted by atomic mass is 16.4. The molecule has 0 bridgehead atoms. The van der Waals surface area contributed by atoms with E-state index in [2.05, 4.69) is 17.2 Å². The van der Waals surface area contributed by atoms with Crippen LogP contribution in [0.4, 0.5) is 0 Å². The third kappa shape index (κ3) is 3.35. The SMILES string of the molecule is CCc1cnc(CNC(CC)c2ccccc2O)o1. The van der Waals surface area contributed by atoms with Gasteiger partial charge in [0.05, 0.1) is 12.7 Å². The zero-order chi connectivity index (χ0) is 13.7. The second-order valence-corrected chi connectivity index (χ2v) is 4.47. The molecule has 1 unspecified atom stereocenters. The van der Waals surface area contributed by atoms with Crippen molar-refractivity contribution in [1.29, 1.82) is 0 Å². The summed E-state index contributed by atoms with van der Waals surface area (Å²) >= 11 is 0. The van der Waals surface area contributed by atoms with E-state index in [1.54, 1.807) is 12.3 Å². The molecular weight excluding hydrogens is 240 g/mol. The predicted octanol–water partition coefficient (Wildman–Crippen LogP) is 3.18. The highest BCUT2D eigenvalue weighted by Crippen LogP contribution is 2.25. The first-order valence-corrected chi connectivity index (χ1v) is 6.69. The number of aryl methyl sites for hydroxylation is 1. The molecule has 1 heterocycles. The topological polar surface area (TPSA) is 58.3 Å². The molecule has 0 aliphatic carbocycles. The molecule has 2 aromatic rings. The van der Waals surface area contributed by atoms with Gasteiger partial charge in [-0.2, -0.15) is 0 Å². The Balaban J connectivity index is 2.02. The molecule has 0 spiro atoms. The van der Waals surface area contributed by atoms with E-state index in [-0.39, 0.29) is 6.04 Å². The number of aromatic hydroxyl groups is 1. The van der Waals surface area contributed by atoms with Crippen molar-refractivity contribution in [1.82, 2.24) is 10.3 Å². The van der Waals surface area contributed by atoms with Crippen molar-refractivity contribution in [3.63, 3.8) is 0 Å². The maximum absolute atomic E-state index is 9.87. The van der Waals surface area contributed by atoms with Crippen LogP contribution in [0, 0.1) is 0 Å². The average Bonchev–Trinajstić information content (AvgIpc) is 2.89. The second-order valence-electron chi connectivity index (χ2n) is 4.47. The van der Waals surface area contributed by atoms with Gasteiger partial charge in [-0.05, 0) is 12.5 Å². The maximum Gasteiger partial charge on any atom is 0.208 e. The number of aromatic nitrogens is 1. The quantitative estimate of drug-likeness (QED) is 0.837. The Bertz CT molecular complexity index is 522. The minimum atomic E-state index is 0.0955. The van der Waals surface area contributed by atoms with Gasteiger partial charge in [0.1, 0.15) is 11.5 Å². The molecule has 0 fully saturated rings. The highest BCUT2D eigenvalue weighted by Gasteiger charge is 2.13. The molecule has 0 amide bonds. The molecule has 0 radical (unpaired) electrons. The fourth-order valence-electron chi connectivity index (χ4n) is 2.06. The molecular formula is C15H20N2O2. The summed E-state index contributed by atoms with van der Waals surface area (Å²) in [6.07, 6.45) is 3.50. The lowest BCUT2D eigenvalue weighted by atomic mass is 10.0. The molecule has 4 heteroatoms. The van der Waals surface area contributed by atoms with Crippen molar-refractivity contribution in [2.75, 3.05) is 0 Å². The zero-order valence-corrected chi connectivity index (χ0v) is 11.4. The smallest absolute Gasteiger partial charge is 0.208 e.